The van der Waals surface area contributed by atoms with Crippen molar-refractivity contribution in [3.05, 3.63) is 39.9 Å². The van der Waals surface area contributed by atoms with E-state index < -0.39 is 0 Å². The molecule has 0 saturated carbocycles. The zero-order valence-electron chi connectivity index (χ0n) is 14.8. The van der Waals surface area contributed by atoms with Crippen LogP contribution >= 0.6 is 28.3 Å². The van der Waals surface area contributed by atoms with Gasteiger partial charge >= 0.3 is 0 Å². The smallest absolute Gasteiger partial charge is 0.231 e. The fourth-order valence-corrected chi connectivity index (χ4v) is 3.32. The molecular formula is C18H21BrClNO5. The Hall–Kier alpha value is -1.83. The summed E-state index contributed by atoms with van der Waals surface area (Å²) in [6.45, 7) is 1.60. The molecule has 0 bridgehead atoms. The number of hydrogen-bond donors (Lipinski definition) is 1. The minimum absolute atomic E-state index is 0. The first-order valence-corrected chi connectivity index (χ1v) is 8.53. The number of benzene rings is 2. The van der Waals surface area contributed by atoms with E-state index in [1.807, 2.05) is 24.3 Å². The topological polar surface area (TPSA) is 58.2 Å². The third-order valence-corrected chi connectivity index (χ3v) is 4.46. The van der Waals surface area contributed by atoms with Crippen molar-refractivity contribution in [3.63, 3.8) is 0 Å². The van der Waals surface area contributed by atoms with Crippen molar-refractivity contribution < 1.29 is 23.7 Å². The van der Waals surface area contributed by atoms with E-state index in [-0.39, 0.29) is 19.2 Å². The summed E-state index contributed by atoms with van der Waals surface area (Å²) >= 11 is 3.51. The van der Waals surface area contributed by atoms with Crippen LogP contribution in [0.4, 0.5) is 0 Å². The van der Waals surface area contributed by atoms with Crippen LogP contribution in [0, 0.1) is 0 Å². The summed E-state index contributed by atoms with van der Waals surface area (Å²) in [5, 5.41) is 3.41. The summed E-state index contributed by atoms with van der Waals surface area (Å²) in [7, 11) is 4.81. The van der Waals surface area contributed by atoms with E-state index >= 15 is 0 Å². The Morgan fingerprint density at radius 1 is 0.923 bits per heavy atom. The molecular weight excluding hydrogens is 426 g/mol. The lowest BCUT2D eigenvalue weighted by molar-refractivity contribution is 0.173. The highest BCUT2D eigenvalue weighted by molar-refractivity contribution is 9.10. The highest BCUT2D eigenvalue weighted by atomic mass is 79.9. The van der Waals surface area contributed by atoms with E-state index in [1.165, 1.54) is 0 Å². The Morgan fingerprint density at radius 3 is 2.12 bits per heavy atom. The molecule has 6 nitrogen and oxygen atoms in total. The third-order valence-electron chi connectivity index (χ3n) is 3.87. The second kappa shape index (κ2) is 9.21. The van der Waals surface area contributed by atoms with Crippen LogP contribution in [0.3, 0.4) is 0 Å². The average Bonchev–Trinajstić information content (AvgIpc) is 3.10. The van der Waals surface area contributed by atoms with Crippen LogP contribution in [-0.4, -0.2) is 28.1 Å². The summed E-state index contributed by atoms with van der Waals surface area (Å²) in [6.07, 6.45) is 0. The van der Waals surface area contributed by atoms with Crippen molar-refractivity contribution in [2.24, 2.45) is 0 Å². The Bertz CT molecular complexity index is 746. The maximum Gasteiger partial charge on any atom is 0.231 e. The Balaban J connectivity index is 0.00000243. The molecule has 1 N–H and O–H groups in total. The predicted molar refractivity (Wildman–Crippen MR) is 104 cm³/mol. The molecule has 0 saturated heterocycles. The predicted octanol–water partition coefficient (Wildman–Crippen LogP) is 3.92. The van der Waals surface area contributed by atoms with Crippen molar-refractivity contribution in [1.82, 2.24) is 5.32 Å². The molecule has 26 heavy (non-hydrogen) atoms. The fourth-order valence-electron chi connectivity index (χ4n) is 2.71. The first kappa shape index (κ1) is 20.5. The lowest BCUT2D eigenvalue weighted by Gasteiger charge is -2.14. The second-order valence-electron chi connectivity index (χ2n) is 5.45. The van der Waals surface area contributed by atoms with Crippen molar-refractivity contribution in [3.8, 4) is 28.7 Å². The number of methoxy groups -OCH3 is 3. The standard InChI is InChI=1S/C18H20BrNO5.ClH/c1-21-14-5-12(6-15(22-2)18(14)23-3)9-20-8-11-4-13(19)17-16(7-11)24-10-25-17;/h4-7,20H,8-10H2,1-3H3;1H. The van der Waals surface area contributed by atoms with E-state index in [4.69, 9.17) is 23.7 Å². The van der Waals surface area contributed by atoms with Gasteiger partial charge in [0.05, 0.1) is 25.8 Å². The molecule has 2 aromatic rings. The van der Waals surface area contributed by atoms with Crippen LogP contribution in [0.5, 0.6) is 28.7 Å². The molecule has 0 radical (unpaired) electrons. The maximum absolute atomic E-state index is 5.44. The first-order valence-electron chi connectivity index (χ1n) is 7.74. The second-order valence-corrected chi connectivity index (χ2v) is 6.30. The Morgan fingerprint density at radius 2 is 1.54 bits per heavy atom. The Labute approximate surface area is 167 Å². The minimum atomic E-state index is 0. The van der Waals surface area contributed by atoms with Gasteiger partial charge in [0.25, 0.3) is 0 Å². The molecule has 1 aliphatic heterocycles. The van der Waals surface area contributed by atoms with Crippen molar-refractivity contribution in [2.45, 2.75) is 13.1 Å². The van der Waals surface area contributed by atoms with E-state index in [2.05, 4.69) is 21.2 Å². The number of halogens is 2. The number of nitrogens with one attached hydrogen (secondary N) is 1. The normalized spacial score (nSPS) is 11.7. The molecule has 0 amide bonds. The fraction of sp³-hybridized carbons (Fsp3) is 0.333. The number of rotatable bonds is 7. The molecule has 2 aromatic carbocycles. The lowest BCUT2D eigenvalue weighted by Crippen LogP contribution is -2.13. The van der Waals surface area contributed by atoms with Gasteiger partial charge in [-0.15, -0.1) is 12.4 Å². The zero-order valence-corrected chi connectivity index (χ0v) is 17.2. The number of hydrogen-bond acceptors (Lipinski definition) is 6. The van der Waals surface area contributed by atoms with E-state index in [9.17, 15) is 0 Å². The molecule has 0 aliphatic carbocycles. The van der Waals surface area contributed by atoms with Crippen molar-refractivity contribution >= 4 is 28.3 Å². The molecule has 1 aliphatic rings. The van der Waals surface area contributed by atoms with Crippen LogP contribution < -0.4 is 29.0 Å². The molecule has 0 atom stereocenters. The van der Waals surface area contributed by atoms with Crippen LogP contribution in [0.2, 0.25) is 0 Å². The summed E-state index contributed by atoms with van der Waals surface area (Å²) in [6, 6.07) is 7.87. The highest BCUT2D eigenvalue weighted by Crippen LogP contribution is 2.40. The van der Waals surface area contributed by atoms with Gasteiger partial charge in [-0.25, -0.2) is 0 Å². The Kier molecular flexibility index (Phi) is 7.25. The number of fused-ring (bicyclic) bond motifs is 1. The van der Waals surface area contributed by atoms with Crippen molar-refractivity contribution in [2.75, 3.05) is 28.1 Å². The van der Waals surface area contributed by atoms with Crippen LogP contribution in [0.15, 0.2) is 28.7 Å². The van der Waals surface area contributed by atoms with Gasteiger partial charge in [0, 0.05) is 13.1 Å². The molecule has 3 rings (SSSR count). The van der Waals surface area contributed by atoms with Gasteiger partial charge in [-0.05, 0) is 51.3 Å². The lowest BCUT2D eigenvalue weighted by atomic mass is 10.1. The SMILES string of the molecule is COc1cc(CNCc2cc(Br)c3c(c2)OCO3)cc(OC)c1OC.Cl. The molecule has 142 valence electrons. The molecule has 0 unspecified atom stereocenters. The van der Waals surface area contributed by atoms with E-state index in [1.54, 1.807) is 21.3 Å². The highest BCUT2D eigenvalue weighted by Gasteiger charge is 2.18. The summed E-state index contributed by atoms with van der Waals surface area (Å²) in [5.74, 6) is 3.40. The zero-order chi connectivity index (χ0) is 17.8. The molecule has 8 heteroatoms. The van der Waals surface area contributed by atoms with Crippen LogP contribution in [-0.2, 0) is 13.1 Å². The van der Waals surface area contributed by atoms with Gasteiger partial charge in [-0.2, -0.15) is 0 Å². The van der Waals surface area contributed by atoms with Crippen LogP contribution in [0.1, 0.15) is 11.1 Å². The minimum Gasteiger partial charge on any atom is -0.493 e. The summed E-state index contributed by atoms with van der Waals surface area (Å²) in [4.78, 5) is 0. The van der Waals surface area contributed by atoms with Gasteiger partial charge in [0.2, 0.25) is 12.5 Å². The number of ether oxygens (including phenoxy) is 5. The summed E-state index contributed by atoms with van der Waals surface area (Å²) in [5.41, 5.74) is 2.14. The average molecular weight is 447 g/mol. The third kappa shape index (κ3) is 4.28. The molecule has 0 aromatic heterocycles. The largest absolute Gasteiger partial charge is 0.493 e. The van der Waals surface area contributed by atoms with Crippen LogP contribution in [0.25, 0.3) is 0 Å². The molecule has 1 heterocycles. The van der Waals surface area contributed by atoms with Gasteiger partial charge in [0.15, 0.2) is 23.0 Å². The quantitative estimate of drug-likeness (QED) is 0.696. The van der Waals surface area contributed by atoms with Gasteiger partial charge < -0.3 is 29.0 Å². The molecule has 0 spiro atoms. The molecule has 0 fully saturated rings. The van der Waals surface area contributed by atoms with E-state index in [0.717, 1.165) is 27.1 Å². The van der Waals surface area contributed by atoms with E-state index in [0.29, 0.717) is 30.3 Å². The van der Waals surface area contributed by atoms with Gasteiger partial charge in [-0.3, -0.25) is 0 Å². The first-order chi connectivity index (χ1) is 12.2. The van der Waals surface area contributed by atoms with Gasteiger partial charge in [-0.1, -0.05) is 0 Å². The maximum atomic E-state index is 5.44. The summed E-state index contributed by atoms with van der Waals surface area (Å²) < 4.78 is 27.8. The van der Waals surface area contributed by atoms with Crippen molar-refractivity contribution in [1.29, 1.82) is 0 Å². The monoisotopic (exact) mass is 445 g/mol. The van der Waals surface area contributed by atoms with Gasteiger partial charge in [0.1, 0.15) is 0 Å².